The summed E-state index contributed by atoms with van der Waals surface area (Å²) in [5.41, 5.74) is 1.92. The van der Waals surface area contributed by atoms with Gasteiger partial charge in [-0.1, -0.05) is 6.07 Å². The van der Waals surface area contributed by atoms with Crippen molar-refractivity contribution in [1.29, 1.82) is 0 Å². The summed E-state index contributed by atoms with van der Waals surface area (Å²) in [7, 11) is 0. The molecule has 126 valence electrons. The van der Waals surface area contributed by atoms with E-state index in [2.05, 4.69) is 10.4 Å². The molecule has 0 spiro atoms. The minimum Gasteiger partial charge on any atom is -0.480 e. The average Bonchev–Trinajstić information content (AvgIpc) is 3.18. The van der Waals surface area contributed by atoms with Gasteiger partial charge in [-0.25, -0.2) is 4.52 Å². The molecule has 0 radical (unpaired) electrons. The second-order valence-electron chi connectivity index (χ2n) is 6.54. The van der Waals surface area contributed by atoms with Crippen molar-refractivity contribution in [1.82, 2.24) is 19.8 Å². The first-order chi connectivity index (χ1) is 11.6. The Morgan fingerprint density at radius 3 is 2.75 bits per heavy atom. The number of nitrogens with zero attached hydrogens (tertiary/aromatic N) is 3. The molecule has 7 heteroatoms. The second-order valence-corrected chi connectivity index (χ2v) is 6.54. The van der Waals surface area contributed by atoms with Crippen LogP contribution >= 0.6 is 0 Å². The summed E-state index contributed by atoms with van der Waals surface area (Å²) in [6.07, 6.45) is 6.74. The van der Waals surface area contributed by atoms with Gasteiger partial charge in [0.05, 0.1) is 17.8 Å². The molecular weight excluding hydrogens is 308 g/mol. The molecule has 1 aliphatic heterocycles. The van der Waals surface area contributed by atoms with Crippen LogP contribution in [0.1, 0.15) is 31.2 Å². The van der Waals surface area contributed by atoms with Crippen molar-refractivity contribution in [3.05, 3.63) is 36.2 Å². The number of hydrogen-bond donors (Lipinski definition) is 2. The van der Waals surface area contributed by atoms with Crippen LogP contribution in [-0.2, 0) is 16.1 Å². The van der Waals surface area contributed by atoms with Gasteiger partial charge in [-0.2, -0.15) is 5.10 Å². The van der Waals surface area contributed by atoms with Crippen LogP contribution in [0.3, 0.4) is 0 Å². The summed E-state index contributed by atoms with van der Waals surface area (Å²) < 4.78 is 1.77. The highest BCUT2D eigenvalue weighted by molar-refractivity contribution is 5.84. The number of carboxylic acid groups (broad SMARTS) is 1. The van der Waals surface area contributed by atoms with E-state index in [1.807, 2.05) is 29.3 Å². The number of rotatable bonds is 5. The van der Waals surface area contributed by atoms with Crippen LogP contribution in [-0.4, -0.2) is 49.6 Å². The number of carbonyl (C=O) groups excluding carboxylic acids is 1. The van der Waals surface area contributed by atoms with E-state index in [0.717, 1.165) is 23.9 Å². The van der Waals surface area contributed by atoms with Crippen molar-refractivity contribution in [3.8, 4) is 0 Å². The number of likely N-dealkylation sites (tertiary alicyclic amines) is 1. The minimum atomic E-state index is -0.820. The van der Waals surface area contributed by atoms with Crippen molar-refractivity contribution < 1.29 is 14.7 Å². The van der Waals surface area contributed by atoms with E-state index in [9.17, 15) is 14.7 Å². The first-order valence-electron chi connectivity index (χ1n) is 8.34. The van der Waals surface area contributed by atoms with Gasteiger partial charge >= 0.3 is 5.97 Å². The van der Waals surface area contributed by atoms with Crippen molar-refractivity contribution in [2.75, 3.05) is 0 Å². The maximum atomic E-state index is 12.6. The zero-order valence-electron chi connectivity index (χ0n) is 13.3. The molecule has 2 aliphatic rings. The molecule has 1 aliphatic carbocycles. The number of pyridine rings is 1. The standard InChI is InChI=1S/C17H20N4O3/c22-16(14-6-7-15(17(23)24)21(14)12-4-5-12)18-9-11-10-19-20-8-2-1-3-13(11)20/h1-3,8,10,12,14-15H,4-7,9H2,(H,18,22)(H,23,24). The summed E-state index contributed by atoms with van der Waals surface area (Å²) in [6.45, 7) is 0.402. The molecule has 7 nitrogen and oxygen atoms in total. The fourth-order valence-electron chi connectivity index (χ4n) is 3.65. The van der Waals surface area contributed by atoms with Crippen LogP contribution in [0.4, 0.5) is 0 Å². The second kappa shape index (κ2) is 5.90. The van der Waals surface area contributed by atoms with Gasteiger partial charge in [0.15, 0.2) is 0 Å². The fourth-order valence-corrected chi connectivity index (χ4v) is 3.65. The van der Waals surface area contributed by atoms with E-state index in [1.165, 1.54) is 0 Å². The molecule has 0 bridgehead atoms. The topological polar surface area (TPSA) is 86.9 Å². The number of fused-ring (bicyclic) bond motifs is 1. The lowest BCUT2D eigenvalue weighted by Gasteiger charge is -2.27. The lowest BCUT2D eigenvalue weighted by Crippen LogP contribution is -2.49. The third-order valence-electron chi connectivity index (χ3n) is 4.95. The van der Waals surface area contributed by atoms with E-state index >= 15 is 0 Å². The molecule has 2 fully saturated rings. The van der Waals surface area contributed by atoms with E-state index < -0.39 is 12.0 Å². The SMILES string of the molecule is O=C(O)C1CCC(C(=O)NCc2cnn3ccccc23)N1C1CC1. The molecular formula is C17H20N4O3. The Labute approximate surface area is 139 Å². The molecule has 24 heavy (non-hydrogen) atoms. The van der Waals surface area contributed by atoms with E-state index in [0.29, 0.717) is 19.4 Å². The lowest BCUT2D eigenvalue weighted by atomic mass is 10.2. The average molecular weight is 328 g/mol. The molecule has 2 aromatic rings. The Hall–Kier alpha value is -2.41. The third-order valence-corrected chi connectivity index (χ3v) is 4.95. The van der Waals surface area contributed by atoms with Gasteiger partial charge in [0, 0.05) is 24.3 Å². The van der Waals surface area contributed by atoms with Crippen molar-refractivity contribution >= 4 is 17.4 Å². The van der Waals surface area contributed by atoms with Crippen LogP contribution in [0.2, 0.25) is 0 Å². The summed E-state index contributed by atoms with van der Waals surface area (Å²) in [5.74, 6) is -0.902. The monoisotopic (exact) mass is 328 g/mol. The van der Waals surface area contributed by atoms with Gasteiger partial charge in [0.2, 0.25) is 5.91 Å². The first kappa shape index (κ1) is 15.1. The summed E-state index contributed by atoms with van der Waals surface area (Å²) >= 11 is 0. The van der Waals surface area contributed by atoms with Crippen LogP contribution in [0.25, 0.3) is 5.52 Å². The Kier molecular flexibility index (Phi) is 3.72. The molecule has 2 atom stereocenters. The van der Waals surface area contributed by atoms with Gasteiger partial charge in [-0.15, -0.1) is 0 Å². The number of nitrogens with one attached hydrogen (secondary N) is 1. The molecule has 1 saturated heterocycles. The van der Waals surface area contributed by atoms with Gasteiger partial charge in [-0.3, -0.25) is 14.5 Å². The zero-order valence-corrected chi connectivity index (χ0v) is 13.3. The Bertz CT molecular complexity index is 783. The van der Waals surface area contributed by atoms with Gasteiger partial charge in [0.1, 0.15) is 6.04 Å². The smallest absolute Gasteiger partial charge is 0.320 e. The molecule has 1 saturated carbocycles. The summed E-state index contributed by atoms with van der Waals surface area (Å²) in [5, 5.41) is 16.6. The number of carbonyl (C=O) groups is 2. The van der Waals surface area contributed by atoms with Gasteiger partial charge in [-0.05, 0) is 37.8 Å². The normalized spacial score (nSPS) is 24.3. The van der Waals surface area contributed by atoms with Gasteiger partial charge in [0.25, 0.3) is 0 Å². The highest BCUT2D eigenvalue weighted by Gasteiger charge is 2.48. The quantitative estimate of drug-likeness (QED) is 0.856. The van der Waals surface area contributed by atoms with E-state index in [1.54, 1.807) is 10.7 Å². The molecule has 2 aromatic heterocycles. The Morgan fingerprint density at radius 1 is 1.21 bits per heavy atom. The number of hydrogen-bond acceptors (Lipinski definition) is 4. The summed E-state index contributed by atoms with van der Waals surface area (Å²) in [4.78, 5) is 25.9. The maximum absolute atomic E-state index is 12.6. The molecule has 1 amide bonds. The van der Waals surface area contributed by atoms with Crippen LogP contribution < -0.4 is 5.32 Å². The molecule has 2 unspecified atom stereocenters. The number of carboxylic acids is 1. The fraction of sp³-hybridized carbons (Fsp3) is 0.471. The summed E-state index contributed by atoms with van der Waals surface area (Å²) in [6, 6.07) is 5.19. The van der Waals surface area contributed by atoms with Gasteiger partial charge < -0.3 is 10.4 Å². The maximum Gasteiger partial charge on any atom is 0.320 e. The van der Waals surface area contributed by atoms with Crippen LogP contribution in [0, 0.1) is 0 Å². The number of aliphatic carboxylic acids is 1. The molecule has 3 heterocycles. The predicted molar refractivity (Wildman–Crippen MR) is 86.3 cm³/mol. The first-order valence-corrected chi connectivity index (χ1v) is 8.34. The largest absolute Gasteiger partial charge is 0.480 e. The third kappa shape index (κ3) is 2.65. The number of aromatic nitrogens is 2. The van der Waals surface area contributed by atoms with E-state index in [-0.39, 0.29) is 18.0 Å². The molecule has 2 N–H and O–H groups in total. The number of amides is 1. The van der Waals surface area contributed by atoms with Crippen LogP contribution in [0.5, 0.6) is 0 Å². The highest BCUT2D eigenvalue weighted by Crippen LogP contribution is 2.37. The zero-order chi connectivity index (χ0) is 16.7. The van der Waals surface area contributed by atoms with E-state index in [4.69, 9.17) is 0 Å². The Morgan fingerprint density at radius 2 is 2.00 bits per heavy atom. The predicted octanol–water partition coefficient (Wildman–Crippen LogP) is 1.03. The van der Waals surface area contributed by atoms with Crippen LogP contribution in [0.15, 0.2) is 30.6 Å². The van der Waals surface area contributed by atoms with Crippen molar-refractivity contribution in [3.63, 3.8) is 0 Å². The lowest BCUT2D eigenvalue weighted by molar-refractivity contribution is -0.143. The Balaban J connectivity index is 1.45. The molecule has 0 aromatic carbocycles. The van der Waals surface area contributed by atoms with Crippen molar-refractivity contribution in [2.24, 2.45) is 0 Å². The molecule has 4 rings (SSSR count). The van der Waals surface area contributed by atoms with Crippen molar-refractivity contribution in [2.45, 2.75) is 50.4 Å². The highest BCUT2D eigenvalue weighted by atomic mass is 16.4. The minimum absolute atomic E-state index is 0.0825.